The van der Waals surface area contributed by atoms with Crippen molar-refractivity contribution < 1.29 is 14.0 Å². The van der Waals surface area contributed by atoms with Gasteiger partial charge in [-0.1, -0.05) is 32.0 Å². The lowest BCUT2D eigenvalue weighted by Gasteiger charge is -2.22. The van der Waals surface area contributed by atoms with E-state index >= 15 is 0 Å². The van der Waals surface area contributed by atoms with Gasteiger partial charge >= 0.3 is 0 Å². The van der Waals surface area contributed by atoms with E-state index in [0.717, 1.165) is 24.9 Å². The molecule has 0 radical (unpaired) electrons. The van der Waals surface area contributed by atoms with E-state index in [-0.39, 0.29) is 17.4 Å². The first-order valence-corrected chi connectivity index (χ1v) is 8.94. The molecule has 0 unspecified atom stereocenters. The zero-order chi connectivity index (χ0) is 18.7. The second-order valence-corrected chi connectivity index (χ2v) is 7.00. The first-order chi connectivity index (χ1) is 12.5. The standard InChI is InChI=1S/C21H23FN2O2/c1-13(2)19(24-20(25)17-8-3-4-9-18(17)22)21(26)23-16-11-10-14-6-5-7-15(14)12-16/h3-4,8-13,19H,5-7H2,1-2H3,(H,23,26)(H,24,25)/t19-/m0/s1. The van der Waals surface area contributed by atoms with Gasteiger partial charge in [0.1, 0.15) is 11.9 Å². The van der Waals surface area contributed by atoms with Gasteiger partial charge in [0.15, 0.2) is 0 Å². The van der Waals surface area contributed by atoms with Crippen LogP contribution in [-0.2, 0) is 17.6 Å². The summed E-state index contributed by atoms with van der Waals surface area (Å²) in [6, 6.07) is 10.9. The van der Waals surface area contributed by atoms with Crippen molar-refractivity contribution in [2.45, 2.75) is 39.2 Å². The summed E-state index contributed by atoms with van der Waals surface area (Å²) in [6.07, 6.45) is 3.24. The fourth-order valence-corrected chi connectivity index (χ4v) is 3.27. The van der Waals surface area contributed by atoms with Crippen LogP contribution in [0, 0.1) is 11.7 Å². The van der Waals surface area contributed by atoms with Gasteiger partial charge in [-0.05, 0) is 60.6 Å². The van der Waals surface area contributed by atoms with E-state index < -0.39 is 17.8 Å². The summed E-state index contributed by atoms with van der Waals surface area (Å²) in [5.74, 6) is -1.64. The molecular formula is C21H23FN2O2. The SMILES string of the molecule is CC(C)[C@H](NC(=O)c1ccccc1F)C(=O)Nc1ccc2c(c1)CCC2. The smallest absolute Gasteiger partial charge is 0.254 e. The number of rotatable bonds is 5. The zero-order valence-electron chi connectivity index (χ0n) is 15.0. The van der Waals surface area contributed by atoms with E-state index in [1.165, 1.54) is 29.3 Å². The maximum Gasteiger partial charge on any atom is 0.254 e. The molecule has 0 aliphatic heterocycles. The second-order valence-electron chi connectivity index (χ2n) is 7.00. The first-order valence-electron chi connectivity index (χ1n) is 8.94. The molecule has 5 heteroatoms. The Morgan fingerprint density at radius 1 is 1.04 bits per heavy atom. The molecule has 2 aromatic rings. The van der Waals surface area contributed by atoms with Crippen LogP contribution in [0.25, 0.3) is 0 Å². The molecule has 2 N–H and O–H groups in total. The molecule has 1 aliphatic carbocycles. The number of halogens is 1. The van der Waals surface area contributed by atoms with Crippen molar-refractivity contribution in [1.29, 1.82) is 0 Å². The molecule has 4 nitrogen and oxygen atoms in total. The van der Waals surface area contributed by atoms with Crippen LogP contribution in [0.4, 0.5) is 10.1 Å². The van der Waals surface area contributed by atoms with Crippen LogP contribution in [0.3, 0.4) is 0 Å². The van der Waals surface area contributed by atoms with E-state index in [2.05, 4.69) is 10.6 Å². The van der Waals surface area contributed by atoms with Gasteiger partial charge in [-0.3, -0.25) is 9.59 Å². The summed E-state index contributed by atoms with van der Waals surface area (Å²) in [5, 5.41) is 5.53. The lowest BCUT2D eigenvalue weighted by Crippen LogP contribution is -2.47. The highest BCUT2D eigenvalue weighted by Gasteiger charge is 2.26. The van der Waals surface area contributed by atoms with Gasteiger partial charge in [0, 0.05) is 5.69 Å². The first kappa shape index (κ1) is 18.1. The van der Waals surface area contributed by atoms with Gasteiger partial charge in [-0.15, -0.1) is 0 Å². The highest BCUT2D eigenvalue weighted by molar-refractivity contribution is 6.01. The van der Waals surface area contributed by atoms with Gasteiger partial charge in [0.25, 0.3) is 5.91 Å². The minimum atomic E-state index is -0.754. The summed E-state index contributed by atoms with van der Waals surface area (Å²) in [4.78, 5) is 25.0. The Labute approximate surface area is 152 Å². The number of fused-ring (bicyclic) bond motifs is 1. The maximum atomic E-state index is 13.8. The monoisotopic (exact) mass is 354 g/mol. The number of carbonyl (C=O) groups is 2. The molecule has 0 bridgehead atoms. The zero-order valence-corrected chi connectivity index (χ0v) is 15.0. The van der Waals surface area contributed by atoms with Gasteiger partial charge in [-0.25, -0.2) is 4.39 Å². The predicted molar refractivity (Wildman–Crippen MR) is 99.6 cm³/mol. The Morgan fingerprint density at radius 2 is 1.77 bits per heavy atom. The highest BCUT2D eigenvalue weighted by Crippen LogP contribution is 2.25. The van der Waals surface area contributed by atoms with Crippen LogP contribution in [0.15, 0.2) is 42.5 Å². The molecule has 0 saturated carbocycles. The topological polar surface area (TPSA) is 58.2 Å². The van der Waals surface area contributed by atoms with Gasteiger partial charge in [0.2, 0.25) is 5.91 Å². The number of nitrogens with one attached hydrogen (secondary N) is 2. The third-order valence-electron chi connectivity index (χ3n) is 4.72. The normalized spacial score (nSPS) is 14.0. The van der Waals surface area contributed by atoms with Crippen molar-refractivity contribution in [1.82, 2.24) is 5.32 Å². The molecular weight excluding hydrogens is 331 g/mol. The number of aryl methyl sites for hydroxylation is 2. The summed E-state index contributed by atoms with van der Waals surface area (Å²) >= 11 is 0. The molecule has 2 amide bonds. The number of hydrogen-bond donors (Lipinski definition) is 2. The summed E-state index contributed by atoms with van der Waals surface area (Å²) < 4.78 is 13.8. The van der Waals surface area contributed by atoms with Crippen LogP contribution >= 0.6 is 0 Å². The van der Waals surface area contributed by atoms with E-state index in [1.807, 2.05) is 32.0 Å². The Morgan fingerprint density at radius 3 is 2.50 bits per heavy atom. The van der Waals surface area contributed by atoms with Crippen molar-refractivity contribution in [2.24, 2.45) is 5.92 Å². The number of hydrogen-bond acceptors (Lipinski definition) is 2. The minimum absolute atomic E-state index is 0.0662. The van der Waals surface area contributed by atoms with Gasteiger partial charge in [-0.2, -0.15) is 0 Å². The third kappa shape index (κ3) is 3.93. The van der Waals surface area contributed by atoms with E-state index in [0.29, 0.717) is 0 Å². The maximum absolute atomic E-state index is 13.8. The molecule has 3 rings (SSSR count). The molecule has 136 valence electrons. The summed E-state index contributed by atoms with van der Waals surface area (Å²) in [7, 11) is 0. The average molecular weight is 354 g/mol. The number of amides is 2. The Hall–Kier alpha value is -2.69. The van der Waals surface area contributed by atoms with E-state index in [9.17, 15) is 14.0 Å². The molecule has 26 heavy (non-hydrogen) atoms. The number of benzene rings is 2. The highest BCUT2D eigenvalue weighted by atomic mass is 19.1. The molecule has 0 saturated heterocycles. The van der Waals surface area contributed by atoms with Crippen molar-refractivity contribution in [3.05, 3.63) is 65.0 Å². The fraction of sp³-hybridized carbons (Fsp3) is 0.333. The molecule has 2 aromatic carbocycles. The van der Waals surface area contributed by atoms with Gasteiger partial charge < -0.3 is 10.6 Å². The van der Waals surface area contributed by atoms with Crippen molar-refractivity contribution >= 4 is 17.5 Å². The van der Waals surface area contributed by atoms with E-state index in [4.69, 9.17) is 0 Å². The quantitative estimate of drug-likeness (QED) is 0.860. The largest absolute Gasteiger partial charge is 0.340 e. The minimum Gasteiger partial charge on any atom is -0.340 e. The predicted octanol–water partition coefficient (Wildman–Crippen LogP) is 3.71. The summed E-state index contributed by atoms with van der Waals surface area (Å²) in [5.41, 5.74) is 3.25. The van der Waals surface area contributed by atoms with Crippen molar-refractivity contribution in [3.8, 4) is 0 Å². The Kier molecular flexibility index (Phi) is 5.35. The molecule has 0 fully saturated rings. The Balaban J connectivity index is 1.72. The van der Waals surface area contributed by atoms with Crippen molar-refractivity contribution in [2.75, 3.05) is 5.32 Å². The van der Waals surface area contributed by atoms with Crippen LogP contribution in [0.1, 0.15) is 41.8 Å². The molecule has 0 spiro atoms. The van der Waals surface area contributed by atoms with Crippen molar-refractivity contribution in [3.63, 3.8) is 0 Å². The molecule has 1 atom stereocenters. The fourth-order valence-electron chi connectivity index (χ4n) is 3.27. The van der Waals surface area contributed by atoms with Crippen LogP contribution in [-0.4, -0.2) is 17.9 Å². The molecule has 1 aliphatic rings. The molecule has 0 heterocycles. The van der Waals surface area contributed by atoms with E-state index in [1.54, 1.807) is 6.07 Å². The average Bonchev–Trinajstić information content (AvgIpc) is 3.07. The van der Waals surface area contributed by atoms with Crippen LogP contribution < -0.4 is 10.6 Å². The van der Waals surface area contributed by atoms with Crippen LogP contribution in [0.5, 0.6) is 0 Å². The third-order valence-corrected chi connectivity index (χ3v) is 4.72. The Bertz CT molecular complexity index is 833. The lowest BCUT2D eigenvalue weighted by atomic mass is 10.0. The van der Waals surface area contributed by atoms with Crippen LogP contribution in [0.2, 0.25) is 0 Å². The summed E-state index contributed by atoms with van der Waals surface area (Å²) in [6.45, 7) is 3.68. The number of carbonyl (C=O) groups excluding carboxylic acids is 2. The number of anilines is 1. The van der Waals surface area contributed by atoms with Gasteiger partial charge in [0.05, 0.1) is 5.56 Å². The second kappa shape index (κ2) is 7.68. The lowest BCUT2D eigenvalue weighted by molar-refractivity contribution is -0.118. The molecule has 0 aromatic heterocycles.